The van der Waals surface area contributed by atoms with Gasteiger partial charge in [0.05, 0.1) is 0 Å². The third-order valence-electron chi connectivity index (χ3n) is 4.20. The fourth-order valence-corrected chi connectivity index (χ4v) is 3.04. The van der Waals surface area contributed by atoms with E-state index < -0.39 is 0 Å². The Hall–Kier alpha value is -1.39. The third-order valence-corrected chi connectivity index (χ3v) is 4.20. The van der Waals surface area contributed by atoms with Gasteiger partial charge < -0.3 is 15.5 Å². The van der Waals surface area contributed by atoms with E-state index in [1.54, 1.807) is 0 Å². The summed E-state index contributed by atoms with van der Waals surface area (Å²) in [6.45, 7) is 3.95. The second-order valence-electron chi connectivity index (χ2n) is 5.74. The average molecular weight is 273 g/mol. The molecule has 2 N–H and O–H groups in total. The van der Waals surface area contributed by atoms with Crippen molar-refractivity contribution in [1.82, 2.24) is 10.6 Å². The standard InChI is InChI=1S/C16H23N3O/c20-16-4-2-10-19(16)15-7-5-13(6-8-15)11-17-12-14-3-1-9-18-14/h5-8,14,17-18H,1-4,9-12H2. The molecule has 1 aromatic rings. The van der Waals surface area contributed by atoms with E-state index in [2.05, 4.69) is 34.9 Å². The molecule has 0 radical (unpaired) electrons. The lowest BCUT2D eigenvalue weighted by Crippen LogP contribution is -2.33. The van der Waals surface area contributed by atoms with Crippen LogP contribution in [0, 0.1) is 0 Å². The summed E-state index contributed by atoms with van der Waals surface area (Å²) in [5.41, 5.74) is 2.31. The lowest BCUT2D eigenvalue weighted by atomic mass is 10.2. The Kier molecular flexibility index (Phi) is 4.33. The van der Waals surface area contributed by atoms with Crippen LogP contribution in [0.4, 0.5) is 5.69 Å². The number of hydrogen-bond donors (Lipinski definition) is 2. The zero-order valence-electron chi connectivity index (χ0n) is 11.9. The molecule has 2 aliphatic rings. The maximum absolute atomic E-state index is 11.7. The number of hydrogen-bond acceptors (Lipinski definition) is 3. The largest absolute Gasteiger partial charge is 0.313 e. The quantitative estimate of drug-likeness (QED) is 0.857. The van der Waals surface area contributed by atoms with E-state index in [1.165, 1.54) is 18.4 Å². The zero-order chi connectivity index (χ0) is 13.8. The second-order valence-corrected chi connectivity index (χ2v) is 5.74. The molecule has 2 fully saturated rings. The van der Waals surface area contributed by atoms with Crippen molar-refractivity contribution in [2.75, 3.05) is 24.5 Å². The van der Waals surface area contributed by atoms with Gasteiger partial charge in [0.25, 0.3) is 0 Å². The highest BCUT2D eigenvalue weighted by molar-refractivity contribution is 5.95. The third kappa shape index (κ3) is 3.19. The Morgan fingerprint density at radius 3 is 2.75 bits per heavy atom. The Bertz CT molecular complexity index is 451. The van der Waals surface area contributed by atoms with Crippen molar-refractivity contribution < 1.29 is 4.79 Å². The lowest BCUT2D eigenvalue weighted by Gasteiger charge is -2.16. The molecule has 2 aliphatic heterocycles. The molecule has 2 heterocycles. The van der Waals surface area contributed by atoms with Crippen molar-refractivity contribution in [2.45, 2.75) is 38.3 Å². The Balaban J connectivity index is 1.49. The Morgan fingerprint density at radius 1 is 1.25 bits per heavy atom. The van der Waals surface area contributed by atoms with Gasteiger partial charge in [0.2, 0.25) is 5.91 Å². The molecule has 4 heteroatoms. The van der Waals surface area contributed by atoms with Gasteiger partial charge in [-0.25, -0.2) is 0 Å². The van der Waals surface area contributed by atoms with Gasteiger partial charge in [-0.1, -0.05) is 12.1 Å². The van der Waals surface area contributed by atoms with Crippen LogP contribution in [0.5, 0.6) is 0 Å². The van der Waals surface area contributed by atoms with Crippen LogP contribution >= 0.6 is 0 Å². The van der Waals surface area contributed by atoms with Gasteiger partial charge in [-0.15, -0.1) is 0 Å². The molecular weight excluding hydrogens is 250 g/mol. The first kappa shape index (κ1) is 13.6. The van der Waals surface area contributed by atoms with Crippen molar-refractivity contribution in [1.29, 1.82) is 0 Å². The summed E-state index contributed by atoms with van der Waals surface area (Å²) >= 11 is 0. The van der Waals surface area contributed by atoms with Gasteiger partial charge in [0.15, 0.2) is 0 Å². The molecule has 1 atom stereocenters. The monoisotopic (exact) mass is 273 g/mol. The van der Waals surface area contributed by atoms with Crippen molar-refractivity contribution in [3.63, 3.8) is 0 Å². The van der Waals surface area contributed by atoms with E-state index in [9.17, 15) is 4.79 Å². The SMILES string of the molecule is O=C1CCCN1c1ccc(CNCC2CCCN2)cc1. The summed E-state index contributed by atoms with van der Waals surface area (Å²) in [5, 5.41) is 6.99. The molecular formula is C16H23N3O. The number of rotatable bonds is 5. The molecule has 0 saturated carbocycles. The highest BCUT2D eigenvalue weighted by Crippen LogP contribution is 2.21. The molecule has 1 amide bonds. The van der Waals surface area contributed by atoms with Crippen molar-refractivity contribution in [3.8, 4) is 0 Å². The van der Waals surface area contributed by atoms with Crippen molar-refractivity contribution in [2.24, 2.45) is 0 Å². The fourth-order valence-electron chi connectivity index (χ4n) is 3.04. The Labute approximate surface area is 120 Å². The van der Waals surface area contributed by atoms with Gasteiger partial charge >= 0.3 is 0 Å². The van der Waals surface area contributed by atoms with Crippen LogP contribution in [0.2, 0.25) is 0 Å². The van der Waals surface area contributed by atoms with Crippen LogP contribution in [-0.2, 0) is 11.3 Å². The zero-order valence-corrected chi connectivity index (χ0v) is 11.9. The highest BCUT2D eigenvalue weighted by atomic mass is 16.2. The van der Waals surface area contributed by atoms with Gasteiger partial charge in [-0.3, -0.25) is 4.79 Å². The predicted octanol–water partition coefficient (Wildman–Crippen LogP) is 1.65. The summed E-state index contributed by atoms with van der Waals surface area (Å²) < 4.78 is 0. The first-order valence-corrected chi connectivity index (χ1v) is 7.66. The number of nitrogens with one attached hydrogen (secondary N) is 2. The van der Waals surface area contributed by atoms with Crippen LogP contribution in [0.3, 0.4) is 0 Å². The minimum absolute atomic E-state index is 0.253. The smallest absolute Gasteiger partial charge is 0.227 e. The molecule has 0 spiro atoms. The normalized spacial score (nSPS) is 22.7. The van der Waals surface area contributed by atoms with Crippen LogP contribution in [0.1, 0.15) is 31.2 Å². The number of anilines is 1. The minimum atomic E-state index is 0.253. The number of carbonyl (C=O) groups excluding carboxylic acids is 1. The molecule has 2 saturated heterocycles. The summed E-state index contributed by atoms with van der Waals surface area (Å²) in [5.74, 6) is 0.253. The van der Waals surface area contributed by atoms with Gasteiger partial charge in [0.1, 0.15) is 0 Å². The number of benzene rings is 1. The maximum Gasteiger partial charge on any atom is 0.227 e. The van der Waals surface area contributed by atoms with E-state index in [1.807, 2.05) is 4.90 Å². The molecule has 4 nitrogen and oxygen atoms in total. The predicted molar refractivity (Wildman–Crippen MR) is 80.8 cm³/mol. The van der Waals surface area contributed by atoms with Gasteiger partial charge in [-0.2, -0.15) is 0 Å². The number of nitrogens with zero attached hydrogens (tertiary/aromatic N) is 1. The minimum Gasteiger partial charge on any atom is -0.313 e. The topological polar surface area (TPSA) is 44.4 Å². The molecule has 0 bridgehead atoms. The first-order valence-electron chi connectivity index (χ1n) is 7.66. The summed E-state index contributed by atoms with van der Waals surface area (Å²) in [7, 11) is 0. The molecule has 1 aromatic carbocycles. The molecule has 0 aliphatic carbocycles. The molecule has 3 rings (SSSR count). The van der Waals surface area contributed by atoms with E-state index in [0.717, 1.165) is 38.3 Å². The molecule has 20 heavy (non-hydrogen) atoms. The second kappa shape index (κ2) is 6.37. The average Bonchev–Trinajstić information content (AvgIpc) is 3.11. The highest BCUT2D eigenvalue weighted by Gasteiger charge is 2.21. The van der Waals surface area contributed by atoms with E-state index in [-0.39, 0.29) is 5.91 Å². The lowest BCUT2D eigenvalue weighted by molar-refractivity contribution is -0.117. The van der Waals surface area contributed by atoms with E-state index in [4.69, 9.17) is 0 Å². The van der Waals surface area contributed by atoms with Crippen LogP contribution in [0.25, 0.3) is 0 Å². The number of carbonyl (C=O) groups is 1. The van der Waals surface area contributed by atoms with Crippen LogP contribution in [0.15, 0.2) is 24.3 Å². The molecule has 108 valence electrons. The summed E-state index contributed by atoms with van der Waals surface area (Å²) in [4.78, 5) is 13.6. The first-order chi connectivity index (χ1) is 9.83. The van der Waals surface area contributed by atoms with Gasteiger partial charge in [0, 0.05) is 37.8 Å². The van der Waals surface area contributed by atoms with Crippen molar-refractivity contribution >= 4 is 11.6 Å². The van der Waals surface area contributed by atoms with E-state index in [0.29, 0.717) is 12.5 Å². The van der Waals surface area contributed by atoms with Crippen molar-refractivity contribution in [3.05, 3.63) is 29.8 Å². The Morgan fingerprint density at radius 2 is 2.10 bits per heavy atom. The van der Waals surface area contributed by atoms with Gasteiger partial charge in [-0.05, 0) is 43.5 Å². The maximum atomic E-state index is 11.7. The van der Waals surface area contributed by atoms with E-state index >= 15 is 0 Å². The van der Waals surface area contributed by atoms with Crippen LogP contribution in [-0.4, -0.2) is 31.6 Å². The fraction of sp³-hybridized carbons (Fsp3) is 0.562. The summed E-state index contributed by atoms with van der Waals surface area (Å²) in [6.07, 6.45) is 4.25. The summed E-state index contributed by atoms with van der Waals surface area (Å²) in [6, 6.07) is 9.00. The molecule has 0 aromatic heterocycles. The number of amides is 1. The molecule has 1 unspecified atom stereocenters. The van der Waals surface area contributed by atoms with Crippen LogP contribution < -0.4 is 15.5 Å².